The maximum Gasteiger partial charge on any atom is 0.267 e. The maximum atomic E-state index is 11.4. The zero-order chi connectivity index (χ0) is 22.5. The van der Waals surface area contributed by atoms with E-state index in [-0.39, 0.29) is 6.04 Å². The fourth-order valence-corrected chi connectivity index (χ4v) is 3.94. The van der Waals surface area contributed by atoms with Crippen molar-refractivity contribution in [2.45, 2.75) is 19.9 Å². The van der Waals surface area contributed by atoms with Gasteiger partial charge in [-0.1, -0.05) is 78.9 Å². The average molecular weight is 424 g/mol. The van der Waals surface area contributed by atoms with Crippen LogP contribution in [0.2, 0.25) is 0 Å². The van der Waals surface area contributed by atoms with Gasteiger partial charge in [-0.3, -0.25) is 10.0 Å². The molecule has 0 fully saturated rings. The Morgan fingerprint density at radius 2 is 1.62 bits per heavy atom. The van der Waals surface area contributed by atoms with Crippen LogP contribution in [-0.4, -0.2) is 20.7 Å². The first-order valence-electron chi connectivity index (χ1n) is 10.5. The maximum absolute atomic E-state index is 11.4. The topological polar surface area (TPSA) is 67.2 Å². The lowest BCUT2D eigenvalue weighted by molar-refractivity contribution is -0.124. The van der Waals surface area contributed by atoms with Gasteiger partial charge in [-0.05, 0) is 37.1 Å². The second-order valence-electron chi connectivity index (χ2n) is 7.63. The van der Waals surface area contributed by atoms with Crippen molar-refractivity contribution < 1.29 is 10.0 Å². The summed E-state index contributed by atoms with van der Waals surface area (Å²) in [5.41, 5.74) is 7.74. The molecule has 0 radical (unpaired) electrons. The number of nitrogens with one attached hydrogen (secondary N) is 1. The van der Waals surface area contributed by atoms with Crippen molar-refractivity contribution in [2.75, 3.05) is 0 Å². The van der Waals surface area contributed by atoms with Gasteiger partial charge in [-0.15, -0.1) is 0 Å². The standard InChI is InChI=1S/C27H25N3O2/c1-19-26(23-13-7-4-8-14-23)30(20(2)22-11-5-3-6-12-22)27(28-19)24-15-9-10-21(18-24)16-17-25(31)29-32/h3-18,20,32H,1-2H3,(H,29,31). The summed E-state index contributed by atoms with van der Waals surface area (Å²) in [6.45, 7) is 4.22. The second kappa shape index (κ2) is 9.45. The van der Waals surface area contributed by atoms with Crippen molar-refractivity contribution in [3.63, 3.8) is 0 Å². The molecular weight excluding hydrogens is 398 g/mol. The molecule has 0 saturated heterocycles. The van der Waals surface area contributed by atoms with Gasteiger partial charge in [0.15, 0.2) is 0 Å². The normalized spacial score (nSPS) is 12.1. The van der Waals surface area contributed by atoms with Crippen LogP contribution in [0.1, 0.15) is 29.8 Å². The molecule has 0 aliphatic rings. The third-order valence-electron chi connectivity index (χ3n) is 5.48. The Hall–Kier alpha value is -3.96. The molecule has 5 heteroatoms. The lowest BCUT2D eigenvalue weighted by atomic mass is 10.0. The molecule has 3 aromatic carbocycles. The first-order chi connectivity index (χ1) is 15.6. The van der Waals surface area contributed by atoms with Crippen molar-refractivity contribution in [3.8, 4) is 22.6 Å². The highest BCUT2D eigenvalue weighted by molar-refractivity contribution is 5.91. The molecule has 1 atom stereocenters. The highest BCUT2D eigenvalue weighted by atomic mass is 16.5. The molecule has 4 rings (SSSR count). The third kappa shape index (κ3) is 4.38. The Balaban J connectivity index is 1.88. The molecule has 2 N–H and O–H groups in total. The number of rotatable bonds is 6. The summed E-state index contributed by atoms with van der Waals surface area (Å²) in [5.74, 6) is 0.288. The minimum atomic E-state index is -0.572. The summed E-state index contributed by atoms with van der Waals surface area (Å²) in [5, 5.41) is 8.73. The van der Waals surface area contributed by atoms with Crippen LogP contribution in [0.3, 0.4) is 0 Å². The van der Waals surface area contributed by atoms with Gasteiger partial charge in [0, 0.05) is 17.2 Å². The largest absolute Gasteiger partial charge is 0.316 e. The fraction of sp³-hybridized carbons (Fsp3) is 0.111. The van der Waals surface area contributed by atoms with E-state index < -0.39 is 5.91 Å². The van der Waals surface area contributed by atoms with E-state index in [1.54, 1.807) is 11.6 Å². The van der Waals surface area contributed by atoms with Crippen molar-refractivity contribution in [1.82, 2.24) is 15.0 Å². The van der Waals surface area contributed by atoms with Gasteiger partial charge in [0.2, 0.25) is 0 Å². The number of benzene rings is 3. The molecule has 4 aromatic rings. The van der Waals surface area contributed by atoms with E-state index in [2.05, 4.69) is 47.9 Å². The summed E-state index contributed by atoms with van der Waals surface area (Å²) in [6, 6.07) is 28.6. The minimum absolute atomic E-state index is 0.0574. The Morgan fingerprint density at radius 3 is 2.31 bits per heavy atom. The zero-order valence-corrected chi connectivity index (χ0v) is 18.1. The summed E-state index contributed by atoms with van der Waals surface area (Å²) in [6.07, 6.45) is 2.95. The number of imidazole rings is 1. The average Bonchev–Trinajstić information content (AvgIpc) is 3.20. The quantitative estimate of drug-likeness (QED) is 0.239. The van der Waals surface area contributed by atoms with Gasteiger partial charge in [-0.2, -0.15) is 0 Å². The van der Waals surface area contributed by atoms with E-state index in [0.717, 1.165) is 33.9 Å². The summed E-state index contributed by atoms with van der Waals surface area (Å²) >= 11 is 0. The highest BCUT2D eigenvalue weighted by Crippen LogP contribution is 2.35. The number of hydrogen-bond acceptors (Lipinski definition) is 3. The van der Waals surface area contributed by atoms with Crippen LogP contribution in [0, 0.1) is 6.92 Å². The van der Waals surface area contributed by atoms with Crippen molar-refractivity contribution >= 4 is 12.0 Å². The first kappa shape index (κ1) is 21.3. The molecule has 1 unspecified atom stereocenters. The number of nitrogens with zero attached hydrogens (tertiary/aromatic N) is 2. The Labute approximate surface area is 187 Å². The molecule has 0 saturated carbocycles. The number of carbonyl (C=O) groups excluding carboxylic acids is 1. The molecule has 0 aliphatic heterocycles. The lowest BCUT2D eigenvalue weighted by Gasteiger charge is -2.21. The first-order valence-corrected chi connectivity index (χ1v) is 10.5. The zero-order valence-electron chi connectivity index (χ0n) is 18.1. The molecule has 0 aliphatic carbocycles. The van der Waals surface area contributed by atoms with Gasteiger partial charge in [-0.25, -0.2) is 10.5 Å². The fourth-order valence-electron chi connectivity index (χ4n) is 3.94. The summed E-state index contributed by atoms with van der Waals surface area (Å²) < 4.78 is 2.28. The SMILES string of the molecule is Cc1nc(-c2cccc(C=CC(=O)NO)c2)n(C(C)c2ccccc2)c1-c1ccccc1. The van der Waals surface area contributed by atoms with E-state index in [4.69, 9.17) is 10.2 Å². The third-order valence-corrected chi connectivity index (χ3v) is 5.48. The number of carbonyl (C=O) groups is 1. The van der Waals surface area contributed by atoms with Crippen LogP contribution in [0.15, 0.2) is 91.0 Å². The molecule has 1 amide bonds. The van der Waals surface area contributed by atoms with E-state index >= 15 is 0 Å². The molecule has 160 valence electrons. The predicted octanol–water partition coefficient (Wildman–Crippen LogP) is 5.65. The smallest absolute Gasteiger partial charge is 0.267 e. The number of amides is 1. The number of hydroxylamine groups is 1. The number of aryl methyl sites for hydroxylation is 1. The molecule has 1 aromatic heterocycles. The van der Waals surface area contributed by atoms with Crippen LogP contribution in [0.4, 0.5) is 0 Å². The van der Waals surface area contributed by atoms with Crippen molar-refractivity contribution in [3.05, 3.63) is 108 Å². The van der Waals surface area contributed by atoms with E-state index in [0.29, 0.717) is 0 Å². The van der Waals surface area contributed by atoms with Gasteiger partial charge in [0.05, 0.1) is 17.4 Å². The Morgan fingerprint density at radius 1 is 0.969 bits per heavy atom. The van der Waals surface area contributed by atoms with Gasteiger partial charge < -0.3 is 4.57 Å². The Bertz CT molecular complexity index is 1240. The minimum Gasteiger partial charge on any atom is -0.316 e. The van der Waals surface area contributed by atoms with Gasteiger partial charge in [0.25, 0.3) is 5.91 Å². The molecule has 32 heavy (non-hydrogen) atoms. The van der Waals surface area contributed by atoms with Crippen molar-refractivity contribution in [1.29, 1.82) is 0 Å². The van der Waals surface area contributed by atoms with Gasteiger partial charge >= 0.3 is 0 Å². The lowest BCUT2D eigenvalue weighted by Crippen LogP contribution is -2.14. The molecule has 0 bridgehead atoms. The number of aromatic nitrogens is 2. The molecule has 0 spiro atoms. The van der Waals surface area contributed by atoms with Crippen LogP contribution in [-0.2, 0) is 4.79 Å². The van der Waals surface area contributed by atoms with Crippen LogP contribution in [0.5, 0.6) is 0 Å². The molecule has 1 heterocycles. The van der Waals surface area contributed by atoms with Gasteiger partial charge in [0.1, 0.15) is 5.82 Å². The van der Waals surface area contributed by atoms with Crippen LogP contribution in [0.25, 0.3) is 28.7 Å². The second-order valence-corrected chi connectivity index (χ2v) is 7.63. The van der Waals surface area contributed by atoms with Crippen LogP contribution < -0.4 is 5.48 Å². The predicted molar refractivity (Wildman–Crippen MR) is 127 cm³/mol. The molecule has 5 nitrogen and oxygen atoms in total. The van der Waals surface area contributed by atoms with E-state index in [9.17, 15) is 4.79 Å². The molecular formula is C27H25N3O2. The van der Waals surface area contributed by atoms with Crippen LogP contribution >= 0.6 is 0 Å². The number of hydrogen-bond donors (Lipinski definition) is 2. The Kier molecular flexibility index (Phi) is 6.29. The summed E-state index contributed by atoms with van der Waals surface area (Å²) in [7, 11) is 0. The monoisotopic (exact) mass is 423 g/mol. The van der Waals surface area contributed by atoms with Crippen molar-refractivity contribution in [2.24, 2.45) is 0 Å². The highest BCUT2D eigenvalue weighted by Gasteiger charge is 2.22. The van der Waals surface area contributed by atoms with E-state index in [1.807, 2.05) is 55.5 Å². The van der Waals surface area contributed by atoms with E-state index in [1.165, 1.54) is 11.6 Å². The summed E-state index contributed by atoms with van der Waals surface area (Å²) in [4.78, 5) is 16.4.